The second kappa shape index (κ2) is 7.22. The fourth-order valence-corrected chi connectivity index (χ4v) is 3.48. The predicted molar refractivity (Wildman–Crippen MR) is 112 cm³/mol. The summed E-state index contributed by atoms with van der Waals surface area (Å²) >= 11 is 0. The van der Waals surface area contributed by atoms with Gasteiger partial charge in [0, 0.05) is 11.8 Å². The highest BCUT2D eigenvalue weighted by molar-refractivity contribution is 5.72. The Balaban J connectivity index is 1.73. The quantitative estimate of drug-likeness (QED) is 0.491. The number of fused-ring (bicyclic) bond motifs is 1. The second-order valence-electron chi connectivity index (χ2n) is 6.91. The van der Waals surface area contributed by atoms with Crippen LogP contribution in [-0.2, 0) is 6.42 Å². The molecule has 2 aliphatic rings. The van der Waals surface area contributed by atoms with Crippen molar-refractivity contribution in [3.8, 4) is 34.4 Å². The first kappa shape index (κ1) is 17.7. The van der Waals surface area contributed by atoms with Gasteiger partial charge in [0.15, 0.2) is 5.82 Å². The molecule has 0 bridgehead atoms. The van der Waals surface area contributed by atoms with E-state index < -0.39 is 0 Å². The fraction of sp³-hybridized carbons (Fsp3) is 0.0417. The summed E-state index contributed by atoms with van der Waals surface area (Å²) < 4.78 is 6.97. The SMILES string of the molecule is N#Cc1ccc(-c2[nH]c(-c3ccccc3)cn3c(=O)c(Cc4ccco4)nc2-3)cc1. The van der Waals surface area contributed by atoms with Crippen molar-refractivity contribution in [2.24, 2.45) is 0 Å². The Kier molecular flexibility index (Phi) is 4.26. The maximum atomic E-state index is 13.1. The zero-order valence-electron chi connectivity index (χ0n) is 15.9. The third kappa shape index (κ3) is 3.09. The summed E-state index contributed by atoms with van der Waals surface area (Å²) in [6.45, 7) is 0. The van der Waals surface area contributed by atoms with E-state index in [4.69, 9.17) is 9.68 Å². The monoisotopic (exact) mass is 392 g/mol. The van der Waals surface area contributed by atoms with Crippen LogP contribution < -0.4 is 5.56 Å². The Morgan fingerprint density at radius 3 is 2.50 bits per heavy atom. The molecular weight excluding hydrogens is 376 g/mol. The lowest BCUT2D eigenvalue weighted by Gasteiger charge is -2.13. The summed E-state index contributed by atoms with van der Waals surface area (Å²) in [5, 5.41) is 9.10. The highest BCUT2D eigenvalue weighted by Crippen LogP contribution is 2.29. The van der Waals surface area contributed by atoms with E-state index in [1.54, 1.807) is 35.2 Å². The summed E-state index contributed by atoms with van der Waals surface area (Å²) in [5.41, 5.74) is 4.10. The van der Waals surface area contributed by atoms with E-state index in [1.807, 2.05) is 48.5 Å². The number of H-pyrrole nitrogens is 1. The Morgan fingerprint density at radius 2 is 1.80 bits per heavy atom. The highest BCUT2D eigenvalue weighted by atomic mass is 16.3. The van der Waals surface area contributed by atoms with E-state index in [9.17, 15) is 4.79 Å². The van der Waals surface area contributed by atoms with Crippen molar-refractivity contribution < 1.29 is 4.42 Å². The Morgan fingerprint density at radius 1 is 1.00 bits per heavy atom. The van der Waals surface area contributed by atoms with E-state index in [2.05, 4.69) is 16.0 Å². The number of imidazole rings is 1. The number of nitrogens with zero attached hydrogens (tertiary/aromatic N) is 3. The van der Waals surface area contributed by atoms with E-state index in [0.29, 0.717) is 35.0 Å². The molecule has 0 saturated heterocycles. The molecule has 0 radical (unpaired) electrons. The van der Waals surface area contributed by atoms with Crippen LogP contribution in [0.25, 0.3) is 28.3 Å². The summed E-state index contributed by atoms with van der Waals surface area (Å²) in [5.74, 6) is 1.22. The van der Waals surface area contributed by atoms with Gasteiger partial charge in [-0.25, -0.2) is 4.98 Å². The van der Waals surface area contributed by atoms with Crippen LogP contribution in [0.1, 0.15) is 17.0 Å². The number of hydrogen-bond acceptors (Lipinski definition) is 4. The zero-order valence-corrected chi connectivity index (χ0v) is 15.9. The number of nitrogens with one attached hydrogen (secondary N) is 1. The van der Waals surface area contributed by atoms with Gasteiger partial charge in [-0.1, -0.05) is 42.5 Å². The number of benzene rings is 2. The number of nitriles is 1. The Labute approximate surface area is 172 Å². The average molecular weight is 392 g/mol. The largest absolute Gasteiger partial charge is 0.469 e. The maximum Gasteiger partial charge on any atom is 0.278 e. The molecule has 5 rings (SSSR count). The number of aromatic nitrogens is 3. The van der Waals surface area contributed by atoms with Crippen LogP contribution in [-0.4, -0.2) is 14.5 Å². The molecule has 2 aliphatic heterocycles. The van der Waals surface area contributed by atoms with Gasteiger partial charge in [-0.2, -0.15) is 5.26 Å². The van der Waals surface area contributed by atoms with Gasteiger partial charge >= 0.3 is 0 Å². The van der Waals surface area contributed by atoms with Crippen molar-refractivity contribution in [3.63, 3.8) is 0 Å². The van der Waals surface area contributed by atoms with Gasteiger partial charge in [0.05, 0.1) is 35.7 Å². The Bertz CT molecular complexity index is 1370. The number of furan rings is 1. The molecule has 0 unspecified atom stereocenters. The van der Waals surface area contributed by atoms with Crippen LogP contribution in [0.3, 0.4) is 0 Å². The smallest absolute Gasteiger partial charge is 0.278 e. The van der Waals surface area contributed by atoms with Crippen molar-refractivity contribution in [1.29, 1.82) is 5.26 Å². The van der Waals surface area contributed by atoms with Crippen molar-refractivity contribution in [2.75, 3.05) is 0 Å². The first-order valence-corrected chi connectivity index (χ1v) is 9.45. The lowest BCUT2D eigenvalue weighted by molar-refractivity contribution is 0.519. The maximum absolute atomic E-state index is 13.1. The number of rotatable bonds is 4. The molecule has 144 valence electrons. The van der Waals surface area contributed by atoms with Crippen LogP contribution in [0.2, 0.25) is 0 Å². The van der Waals surface area contributed by atoms with Crippen molar-refractivity contribution in [3.05, 3.63) is 107 Å². The lowest BCUT2D eigenvalue weighted by atomic mass is 10.1. The molecule has 6 heteroatoms. The van der Waals surface area contributed by atoms with E-state index in [0.717, 1.165) is 16.8 Å². The van der Waals surface area contributed by atoms with E-state index >= 15 is 0 Å². The molecular formula is C24H16N4O2. The zero-order chi connectivity index (χ0) is 20.5. The van der Waals surface area contributed by atoms with Crippen molar-refractivity contribution >= 4 is 0 Å². The minimum absolute atomic E-state index is 0.178. The minimum Gasteiger partial charge on any atom is -0.469 e. The molecule has 2 aromatic carbocycles. The van der Waals surface area contributed by atoms with E-state index in [1.165, 1.54) is 0 Å². The number of aromatic amines is 1. The normalized spacial score (nSPS) is 10.9. The molecule has 0 spiro atoms. The fourth-order valence-electron chi connectivity index (χ4n) is 3.48. The summed E-state index contributed by atoms with van der Waals surface area (Å²) in [6.07, 6.45) is 3.68. The van der Waals surface area contributed by atoms with Crippen LogP contribution in [0, 0.1) is 11.3 Å². The van der Waals surface area contributed by atoms with Gasteiger partial charge in [-0.3, -0.25) is 9.36 Å². The third-order valence-electron chi connectivity index (χ3n) is 4.99. The minimum atomic E-state index is -0.178. The van der Waals surface area contributed by atoms with Crippen molar-refractivity contribution in [2.45, 2.75) is 6.42 Å². The standard InChI is InChI=1S/C24H16N4O2/c25-14-16-8-10-18(11-9-16)22-23-27-20(13-19-7-4-12-30-19)24(29)28(23)15-21(26-22)17-5-2-1-3-6-17/h1-12,15,26H,13H2. The van der Waals surface area contributed by atoms with Gasteiger partial charge in [0.1, 0.15) is 11.5 Å². The molecule has 0 amide bonds. The second-order valence-corrected chi connectivity index (χ2v) is 6.91. The molecule has 6 nitrogen and oxygen atoms in total. The molecule has 30 heavy (non-hydrogen) atoms. The average Bonchev–Trinajstić information content (AvgIpc) is 3.42. The lowest BCUT2D eigenvalue weighted by Crippen LogP contribution is -2.16. The molecule has 3 heterocycles. The van der Waals surface area contributed by atoms with Crippen LogP contribution in [0.15, 0.2) is 88.4 Å². The summed E-state index contributed by atoms with van der Waals surface area (Å²) in [6, 6.07) is 22.7. The highest BCUT2D eigenvalue weighted by Gasteiger charge is 2.21. The summed E-state index contributed by atoms with van der Waals surface area (Å²) in [4.78, 5) is 21.2. The first-order chi connectivity index (χ1) is 14.7. The predicted octanol–water partition coefficient (Wildman–Crippen LogP) is 4.39. The molecule has 3 aromatic rings. The van der Waals surface area contributed by atoms with Crippen LogP contribution in [0.4, 0.5) is 0 Å². The van der Waals surface area contributed by atoms with E-state index in [-0.39, 0.29) is 5.56 Å². The molecule has 1 aromatic heterocycles. The van der Waals surface area contributed by atoms with Gasteiger partial charge < -0.3 is 9.40 Å². The van der Waals surface area contributed by atoms with Crippen LogP contribution >= 0.6 is 0 Å². The van der Waals surface area contributed by atoms with Gasteiger partial charge in [-0.05, 0) is 29.8 Å². The third-order valence-corrected chi connectivity index (χ3v) is 4.99. The molecule has 0 saturated carbocycles. The van der Waals surface area contributed by atoms with Gasteiger partial charge in [0.2, 0.25) is 0 Å². The Hall–Kier alpha value is -4.37. The molecule has 0 atom stereocenters. The summed E-state index contributed by atoms with van der Waals surface area (Å²) in [7, 11) is 0. The molecule has 0 aliphatic carbocycles. The topological polar surface area (TPSA) is 87.6 Å². The van der Waals surface area contributed by atoms with Crippen LogP contribution in [0.5, 0.6) is 0 Å². The molecule has 1 N–H and O–H groups in total. The van der Waals surface area contributed by atoms with Gasteiger partial charge in [-0.15, -0.1) is 0 Å². The van der Waals surface area contributed by atoms with Crippen molar-refractivity contribution in [1.82, 2.24) is 14.5 Å². The van der Waals surface area contributed by atoms with Gasteiger partial charge in [0.25, 0.3) is 5.56 Å². The number of hydrogen-bond donors (Lipinski definition) is 1. The molecule has 0 fully saturated rings. The first-order valence-electron chi connectivity index (χ1n) is 9.45.